The van der Waals surface area contributed by atoms with Gasteiger partial charge in [-0.1, -0.05) is 26.7 Å². The minimum atomic E-state index is -0.195. The van der Waals surface area contributed by atoms with Gasteiger partial charge in [-0.25, -0.2) is 0 Å². The van der Waals surface area contributed by atoms with E-state index in [-0.39, 0.29) is 11.2 Å². The van der Waals surface area contributed by atoms with Gasteiger partial charge in [0.05, 0.1) is 5.25 Å². The number of thiol groups is 1. The first-order valence-electron chi connectivity index (χ1n) is 5.50. The van der Waals surface area contributed by atoms with Gasteiger partial charge >= 0.3 is 0 Å². The minimum Gasteiger partial charge on any atom is -0.352 e. The Morgan fingerprint density at radius 2 is 2.07 bits per heavy atom. The zero-order valence-corrected chi connectivity index (χ0v) is 10.2. The van der Waals surface area contributed by atoms with Gasteiger partial charge in [0.25, 0.3) is 0 Å². The Labute approximate surface area is 92.2 Å². The van der Waals surface area contributed by atoms with Crippen molar-refractivity contribution in [1.82, 2.24) is 5.32 Å². The Hall–Kier alpha value is -0.180. The first kappa shape index (κ1) is 11.9. The van der Waals surface area contributed by atoms with Crippen LogP contribution in [0, 0.1) is 11.8 Å². The first-order chi connectivity index (χ1) is 6.52. The van der Waals surface area contributed by atoms with E-state index < -0.39 is 0 Å². The van der Waals surface area contributed by atoms with Crippen molar-refractivity contribution in [1.29, 1.82) is 0 Å². The number of amides is 1. The number of carbonyl (C=O) groups is 1. The summed E-state index contributed by atoms with van der Waals surface area (Å²) < 4.78 is 0. The molecule has 1 saturated carbocycles. The van der Waals surface area contributed by atoms with Gasteiger partial charge in [-0.15, -0.1) is 0 Å². The van der Waals surface area contributed by atoms with Crippen LogP contribution in [-0.4, -0.2) is 17.2 Å². The summed E-state index contributed by atoms with van der Waals surface area (Å²) in [5, 5.41) is 2.89. The van der Waals surface area contributed by atoms with Gasteiger partial charge in [0.15, 0.2) is 0 Å². The zero-order chi connectivity index (χ0) is 10.7. The summed E-state index contributed by atoms with van der Waals surface area (Å²) in [6.07, 6.45) is 3.65. The van der Waals surface area contributed by atoms with E-state index in [9.17, 15) is 4.79 Å². The molecule has 1 aliphatic carbocycles. The molecule has 1 aliphatic rings. The monoisotopic (exact) mass is 215 g/mol. The smallest absolute Gasteiger partial charge is 0.232 e. The average molecular weight is 215 g/mol. The van der Waals surface area contributed by atoms with Gasteiger partial charge in [0.1, 0.15) is 0 Å². The molecule has 4 atom stereocenters. The maximum Gasteiger partial charge on any atom is 0.232 e. The van der Waals surface area contributed by atoms with Gasteiger partial charge in [0, 0.05) is 6.04 Å². The highest BCUT2D eigenvalue weighted by Gasteiger charge is 2.28. The van der Waals surface area contributed by atoms with Crippen LogP contribution >= 0.6 is 12.6 Å². The van der Waals surface area contributed by atoms with Crippen molar-refractivity contribution >= 4 is 18.5 Å². The van der Waals surface area contributed by atoms with Crippen LogP contribution in [0.3, 0.4) is 0 Å². The summed E-state index contributed by atoms with van der Waals surface area (Å²) in [4.78, 5) is 11.5. The Morgan fingerprint density at radius 1 is 1.43 bits per heavy atom. The second-order valence-electron chi connectivity index (χ2n) is 4.56. The number of nitrogens with one attached hydrogen (secondary N) is 1. The van der Waals surface area contributed by atoms with E-state index in [0.29, 0.717) is 12.0 Å². The predicted octanol–water partition coefficient (Wildman–Crippen LogP) is 2.25. The summed E-state index contributed by atoms with van der Waals surface area (Å²) in [5.41, 5.74) is 0. The van der Waals surface area contributed by atoms with Crippen LogP contribution in [0.15, 0.2) is 0 Å². The van der Waals surface area contributed by atoms with Crippen LogP contribution in [0.2, 0.25) is 0 Å². The number of hydrogen-bond acceptors (Lipinski definition) is 2. The molecule has 0 radical (unpaired) electrons. The average Bonchev–Trinajstić information content (AvgIpc) is 2.12. The maximum absolute atomic E-state index is 11.5. The summed E-state index contributed by atoms with van der Waals surface area (Å²) in [6, 6.07) is 0.362. The second-order valence-corrected chi connectivity index (χ2v) is 5.33. The number of hydrogen-bond donors (Lipinski definition) is 2. The lowest BCUT2D eigenvalue weighted by Gasteiger charge is -2.34. The van der Waals surface area contributed by atoms with Crippen LogP contribution in [0.1, 0.15) is 40.0 Å². The largest absolute Gasteiger partial charge is 0.352 e. The van der Waals surface area contributed by atoms with Crippen LogP contribution in [0.4, 0.5) is 0 Å². The van der Waals surface area contributed by atoms with Crippen LogP contribution in [0.25, 0.3) is 0 Å². The predicted molar refractivity (Wildman–Crippen MR) is 62.6 cm³/mol. The van der Waals surface area contributed by atoms with Gasteiger partial charge in [0.2, 0.25) is 5.91 Å². The number of rotatable bonds is 2. The Morgan fingerprint density at radius 3 is 2.64 bits per heavy atom. The molecule has 0 bridgehead atoms. The van der Waals surface area contributed by atoms with Gasteiger partial charge in [-0.05, 0) is 25.2 Å². The third kappa shape index (κ3) is 2.91. The van der Waals surface area contributed by atoms with Crippen LogP contribution in [-0.2, 0) is 4.79 Å². The van der Waals surface area contributed by atoms with Gasteiger partial charge in [-0.3, -0.25) is 4.79 Å². The molecule has 14 heavy (non-hydrogen) atoms. The third-order valence-electron chi connectivity index (χ3n) is 3.41. The molecule has 0 saturated heterocycles. The second kappa shape index (κ2) is 5.06. The zero-order valence-electron chi connectivity index (χ0n) is 9.29. The standard InChI is InChI=1S/C11H21NOS/c1-7-5-4-6-10(8(7)2)12-11(13)9(3)14/h7-10,14H,4-6H2,1-3H3,(H,12,13). The molecule has 1 amide bonds. The van der Waals surface area contributed by atoms with E-state index in [1.165, 1.54) is 12.8 Å². The van der Waals surface area contributed by atoms with Crippen LogP contribution < -0.4 is 5.32 Å². The highest BCUT2D eigenvalue weighted by atomic mass is 32.1. The van der Waals surface area contributed by atoms with E-state index in [1.807, 2.05) is 6.92 Å². The van der Waals surface area contributed by atoms with E-state index in [4.69, 9.17) is 0 Å². The fourth-order valence-electron chi connectivity index (χ4n) is 2.09. The third-order valence-corrected chi connectivity index (χ3v) is 3.65. The van der Waals surface area contributed by atoms with E-state index in [1.54, 1.807) is 0 Å². The van der Waals surface area contributed by atoms with Crippen LogP contribution in [0.5, 0.6) is 0 Å². The fraction of sp³-hybridized carbons (Fsp3) is 0.909. The van der Waals surface area contributed by atoms with E-state index in [0.717, 1.165) is 12.3 Å². The molecule has 0 aromatic heterocycles. The molecule has 4 unspecified atom stereocenters. The molecule has 1 N–H and O–H groups in total. The van der Waals surface area contributed by atoms with Crippen molar-refractivity contribution in [3.63, 3.8) is 0 Å². The van der Waals surface area contributed by atoms with Crippen molar-refractivity contribution < 1.29 is 4.79 Å². The Kier molecular flexibility index (Phi) is 4.30. The van der Waals surface area contributed by atoms with Crippen molar-refractivity contribution in [3.8, 4) is 0 Å². The molecule has 0 aromatic rings. The lowest BCUT2D eigenvalue weighted by molar-refractivity contribution is -0.121. The topological polar surface area (TPSA) is 29.1 Å². The Balaban J connectivity index is 2.47. The quantitative estimate of drug-likeness (QED) is 0.680. The molecular formula is C11H21NOS. The molecule has 1 fully saturated rings. The molecule has 0 aromatic carbocycles. The summed E-state index contributed by atoms with van der Waals surface area (Å²) >= 11 is 4.13. The summed E-state index contributed by atoms with van der Waals surface area (Å²) in [7, 11) is 0. The molecule has 0 heterocycles. The Bertz CT molecular complexity index is 205. The van der Waals surface area contributed by atoms with E-state index in [2.05, 4.69) is 31.8 Å². The van der Waals surface area contributed by atoms with Gasteiger partial charge < -0.3 is 5.32 Å². The fourth-order valence-corrected chi connectivity index (χ4v) is 2.16. The lowest BCUT2D eigenvalue weighted by Crippen LogP contribution is -2.45. The highest BCUT2D eigenvalue weighted by molar-refractivity contribution is 7.81. The lowest BCUT2D eigenvalue weighted by atomic mass is 9.78. The van der Waals surface area contributed by atoms with Crippen molar-refractivity contribution in [2.24, 2.45) is 11.8 Å². The van der Waals surface area contributed by atoms with Gasteiger partial charge in [-0.2, -0.15) is 12.6 Å². The van der Waals surface area contributed by atoms with Crippen molar-refractivity contribution in [2.45, 2.75) is 51.3 Å². The number of carbonyl (C=O) groups excluding carboxylic acids is 1. The molecule has 0 spiro atoms. The minimum absolute atomic E-state index is 0.0688. The van der Waals surface area contributed by atoms with Crippen molar-refractivity contribution in [2.75, 3.05) is 0 Å². The molecule has 3 heteroatoms. The maximum atomic E-state index is 11.5. The highest BCUT2D eigenvalue weighted by Crippen LogP contribution is 2.29. The first-order valence-corrected chi connectivity index (χ1v) is 6.02. The molecular weight excluding hydrogens is 194 g/mol. The molecule has 2 nitrogen and oxygen atoms in total. The van der Waals surface area contributed by atoms with Crippen molar-refractivity contribution in [3.05, 3.63) is 0 Å². The normalized spacial score (nSPS) is 35.0. The summed E-state index contributed by atoms with van der Waals surface area (Å²) in [6.45, 7) is 6.32. The van der Waals surface area contributed by atoms with E-state index >= 15 is 0 Å². The summed E-state index contributed by atoms with van der Waals surface area (Å²) in [5.74, 6) is 1.39. The molecule has 82 valence electrons. The molecule has 0 aliphatic heterocycles. The molecule has 1 rings (SSSR count). The SMILES string of the molecule is CC(S)C(=O)NC1CCCC(C)C1C.